The van der Waals surface area contributed by atoms with Crippen LogP contribution in [0.5, 0.6) is 0 Å². The van der Waals surface area contributed by atoms with Crippen LogP contribution >= 0.6 is 11.3 Å². The third-order valence-corrected chi connectivity index (χ3v) is 6.62. The Morgan fingerprint density at radius 2 is 1.93 bits per heavy atom. The minimum absolute atomic E-state index is 0.107. The maximum absolute atomic E-state index is 9.44. The second-order valence-corrected chi connectivity index (χ2v) is 8.10. The summed E-state index contributed by atoms with van der Waals surface area (Å²) in [4.78, 5) is 17.5. The van der Waals surface area contributed by atoms with E-state index in [0.717, 1.165) is 52.4 Å². The summed E-state index contributed by atoms with van der Waals surface area (Å²) < 4.78 is 1.07. The Morgan fingerprint density at radius 3 is 2.71 bits per heavy atom. The zero-order valence-electron chi connectivity index (χ0n) is 15.9. The molecule has 5 rings (SSSR count). The number of aromatic nitrogens is 3. The van der Waals surface area contributed by atoms with Gasteiger partial charge >= 0.3 is 0 Å². The Labute approximate surface area is 167 Å². The molecular weight excluding hydrogens is 368 g/mol. The fourth-order valence-corrected chi connectivity index (χ4v) is 5.46. The predicted octanol–water partition coefficient (Wildman–Crippen LogP) is 4.21. The standard InChI is InChI=1S/C22H22N4OS/c1-2-26(11-12-27)21-20-19(23-13-24-21)17-15-9-6-10-16(15)18(25-22(17)28-20)14-7-4-3-5-8-14/h3-5,7-8,13,27H,2,6,9-12H2,1H3. The summed E-state index contributed by atoms with van der Waals surface area (Å²) in [7, 11) is 0. The fraction of sp³-hybridized carbons (Fsp3) is 0.318. The Balaban J connectivity index is 1.80. The van der Waals surface area contributed by atoms with Gasteiger partial charge in [-0.1, -0.05) is 30.3 Å². The number of benzene rings is 1. The van der Waals surface area contributed by atoms with Crippen LogP contribution < -0.4 is 4.90 Å². The van der Waals surface area contributed by atoms with Gasteiger partial charge < -0.3 is 10.0 Å². The van der Waals surface area contributed by atoms with Crippen molar-refractivity contribution in [2.75, 3.05) is 24.6 Å². The highest BCUT2D eigenvalue weighted by atomic mass is 32.1. The van der Waals surface area contributed by atoms with Crippen LogP contribution in [0.1, 0.15) is 24.5 Å². The highest BCUT2D eigenvalue weighted by Crippen LogP contribution is 2.43. The van der Waals surface area contributed by atoms with Crippen LogP contribution in [0.25, 0.3) is 31.7 Å². The second-order valence-electron chi connectivity index (χ2n) is 7.10. The van der Waals surface area contributed by atoms with Gasteiger partial charge in [0.15, 0.2) is 0 Å². The number of rotatable bonds is 5. The van der Waals surface area contributed by atoms with Crippen LogP contribution in [0.15, 0.2) is 36.7 Å². The number of nitrogens with zero attached hydrogens (tertiary/aromatic N) is 4. The molecule has 0 bridgehead atoms. The van der Waals surface area contributed by atoms with Crippen LogP contribution in [0.2, 0.25) is 0 Å². The van der Waals surface area contributed by atoms with Gasteiger partial charge in [-0.15, -0.1) is 11.3 Å². The molecule has 0 amide bonds. The minimum Gasteiger partial charge on any atom is -0.395 e. The number of fused-ring (bicyclic) bond motifs is 5. The van der Waals surface area contributed by atoms with Gasteiger partial charge in [-0.3, -0.25) is 0 Å². The lowest BCUT2D eigenvalue weighted by atomic mass is 10.0. The summed E-state index contributed by atoms with van der Waals surface area (Å²) in [6, 6.07) is 10.5. The molecular formula is C22H22N4OS. The Morgan fingerprint density at radius 1 is 1.11 bits per heavy atom. The number of hydrogen-bond donors (Lipinski definition) is 1. The van der Waals surface area contributed by atoms with Crippen molar-refractivity contribution in [3.63, 3.8) is 0 Å². The predicted molar refractivity (Wildman–Crippen MR) is 115 cm³/mol. The third-order valence-electron chi connectivity index (χ3n) is 5.55. The number of aliphatic hydroxyl groups excluding tert-OH is 1. The van der Waals surface area contributed by atoms with E-state index >= 15 is 0 Å². The summed E-state index contributed by atoms with van der Waals surface area (Å²) >= 11 is 1.67. The van der Waals surface area contributed by atoms with Crippen LogP contribution in [0, 0.1) is 0 Å². The monoisotopic (exact) mass is 390 g/mol. The number of thiophene rings is 1. The summed E-state index contributed by atoms with van der Waals surface area (Å²) in [6.45, 7) is 3.55. The highest BCUT2D eigenvalue weighted by molar-refractivity contribution is 7.26. The van der Waals surface area contributed by atoms with Crippen molar-refractivity contribution >= 4 is 37.6 Å². The largest absolute Gasteiger partial charge is 0.395 e. The van der Waals surface area contributed by atoms with Crippen molar-refractivity contribution in [1.29, 1.82) is 0 Å². The van der Waals surface area contributed by atoms with Gasteiger partial charge in [-0.2, -0.15) is 0 Å². The first-order valence-electron chi connectivity index (χ1n) is 9.82. The average Bonchev–Trinajstić information content (AvgIpc) is 3.36. The molecule has 0 saturated heterocycles. The maximum atomic E-state index is 9.44. The lowest BCUT2D eigenvalue weighted by molar-refractivity contribution is 0.302. The van der Waals surface area contributed by atoms with Crippen molar-refractivity contribution in [2.45, 2.75) is 26.2 Å². The Kier molecular flexibility index (Phi) is 4.45. The van der Waals surface area contributed by atoms with E-state index in [2.05, 4.69) is 46.1 Å². The molecule has 5 nitrogen and oxygen atoms in total. The van der Waals surface area contributed by atoms with Crippen LogP contribution in [-0.2, 0) is 12.8 Å². The minimum atomic E-state index is 0.107. The molecule has 6 heteroatoms. The lowest BCUT2D eigenvalue weighted by Crippen LogP contribution is -2.27. The zero-order valence-corrected chi connectivity index (χ0v) is 16.7. The molecule has 0 unspecified atom stereocenters. The molecule has 0 saturated carbocycles. The summed E-state index contributed by atoms with van der Waals surface area (Å²) in [6.07, 6.45) is 4.96. The van der Waals surface area contributed by atoms with Crippen molar-refractivity contribution in [3.8, 4) is 11.3 Å². The van der Waals surface area contributed by atoms with Crippen LogP contribution in [-0.4, -0.2) is 39.8 Å². The van der Waals surface area contributed by atoms with Gasteiger partial charge in [-0.05, 0) is 37.3 Å². The van der Waals surface area contributed by atoms with Gasteiger partial charge in [0, 0.05) is 24.0 Å². The maximum Gasteiger partial charge on any atom is 0.150 e. The van der Waals surface area contributed by atoms with E-state index in [9.17, 15) is 5.11 Å². The van der Waals surface area contributed by atoms with Crippen molar-refractivity contribution in [2.24, 2.45) is 0 Å². The lowest BCUT2D eigenvalue weighted by Gasteiger charge is -2.20. The second kappa shape index (κ2) is 7.11. The van der Waals surface area contributed by atoms with Gasteiger partial charge in [0.25, 0.3) is 0 Å². The van der Waals surface area contributed by atoms with Crippen LogP contribution in [0.3, 0.4) is 0 Å². The number of hydrogen-bond acceptors (Lipinski definition) is 6. The van der Waals surface area contributed by atoms with Crippen molar-refractivity contribution < 1.29 is 5.11 Å². The molecule has 1 aliphatic rings. The Bertz CT molecular complexity index is 1160. The highest BCUT2D eigenvalue weighted by Gasteiger charge is 2.25. The summed E-state index contributed by atoms with van der Waals surface area (Å²) in [5.41, 5.74) is 6.09. The molecule has 0 aliphatic heterocycles. The smallest absolute Gasteiger partial charge is 0.150 e. The van der Waals surface area contributed by atoms with E-state index in [1.54, 1.807) is 17.7 Å². The van der Waals surface area contributed by atoms with Gasteiger partial charge in [-0.25, -0.2) is 15.0 Å². The zero-order chi connectivity index (χ0) is 19.1. The van der Waals surface area contributed by atoms with Gasteiger partial charge in [0.2, 0.25) is 0 Å². The number of aryl methyl sites for hydroxylation is 1. The SMILES string of the molecule is CCN(CCO)c1ncnc2c1sc1nc(-c3ccccc3)c3c(c12)CCC3. The number of aliphatic hydroxyl groups is 1. The normalized spacial score (nSPS) is 13.4. The van der Waals surface area contributed by atoms with Crippen LogP contribution in [0.4, 0.5) is 5.82 Å². The number of likely N-dealkylation sites (N-methyl/N-ethyl adjacent to an activating group) is 1. The molecule has 4 aromatic rings. The molecule has 1 aromatic carbocycles. The first-order valence-corrected chi connectivity index (χ1v) is 10.6. The molecule has 0 radical (unpaired) electrons. The topological polar surface area (TPSA) is 62.1 Å². The van der Waals surface area contributed by atoms with Gasteiger partial charge in [0.05, 0.1) is 22.5 Å². The molecule has 3 heterocycles. The first kappa shape index (κ1) is 17.5. The quantitative estimate of drug-likeness (QED) is 0.553. The van der Waals surface area contributed by atoms with Gasteiger partial charge in [0.1, 0.15) is 17.0 Å². The molecule has 3 aromatic heterocycles. The Hall–Kier alpha value is -2.57. The van der Waals surface area contributed by atoms with Crippen molar-refractivity contribution in [1.82, 2.24) is 15.0 Å². The first-order chi connectivity index (χ1) is 13.8. The molecule has 28 heavy (non-hydrogen) atoms. The van der Waals surface area contributed by atoms with E-state index in [1.807, 2.05) is 6.07 Å². The molecule has 1 N–H and O–H groups in total. The average molecular weight is 391 g/mol. The van der Waals surface area contributed by atoms with E-state index in [-0.39, 0.29) is 6.61 Å². The van der Waals surface area contributed by atoms with E-state index < -0.39 is 0 Å². The third kappa shape index (κ3) is 2.67. The van der Waals surface area contributed by atoms with E-state index in [4.69, 9.17) is 4.98 Å². The number of anilines is 1. The fourth-order valence-electron chi connectivity index (χ4n) is 4.28. The van der Waals surface area contributed by atoms with Crippen molar-refractivity contribution in [3.05, 3.63) is 47.8 Å². The molecule has 1 aliphatic carbocycles. The number of pyridine rings is 1. The molecule has 0 atom stereocenters. The van der Waals surface area contributed by atoms with E-state index in [0.29, 0.717) is 6.54 Å². The molecule has 0 fully saturated rings. The molecule has 0 spiro atoms. The summed E-state index contributed by atoms with van der Waals surface area (Å²) in [5.74, 6) is 0.901. The molecule has 142 valence electrons. The summed E-state index contributed by atoms with van der Waals surface area (Å²) in [5, 5.41) is 10.6. The van der Waals surface area contributed by atoms with E-state index in [1.165, 1.54) is 22.1 Å².